The minimum atomic E-state index is -1.07. The zero-order valence-corrected chi connectivity index (χ0v) is 15.3. The number of rotatable bonds is 8. The van der Waals surface area contributed by atoms with E-state index in [4.69, 9.17) is 14.2 Å². The Bertz CT molecular complexity index is 585. The lowest BCUT2D eigenvalue weighted by atomic mass is 9.88. The Hall–Kier alpha value is -2.24. The molecule has 0 saturated carbocycles. The van der Waals surface area contributed by atoms with Crippen LogP contribution in [0.15, 0.2) is 18.2 Å². The Morgan fingerprint density at radius 2 is 1.79 bits per heavy atom. The number of ether oxygens (including phenoxy) is 3. The molecule has 0 aromatic heterocycles. The van der Waals surface area contributed by atoms with Crippen LogP contribution in [0, 0.1) is 5.92 Å². The van der Waals surface area contributed by atoms with E-state index in [0.717, 1.165) is 5.56 Å². The molecule has 0 fully saturated rings. The first kappa shape index (κ1) is 19.8. The fraction of sp³-hybridized carbons (Fsp3) is 0.556. The SMILES string of the molecule is CCOC(=O)[C@](C)(NC(=O)Cc1ccc(OC)c(OC)c1)C(C)C. The molecule has 1 amide bonds. The van der Waals surface area contributed by atoms with Gasteiger partial charge in [0, 0.05) is 0 Å². The molecule has 134 valence electrons. The second-order valence-electron chi connectivity index (χ2n) is 5.99. The van der Waals surface area contributed by atoms with Crippen LogP contribution in [-0.4, -0.2) is 38.2 Å². The highest BCUT2D eigenvalue weighted by Crippen LogP contribution is 2.28. The first-order chi connectivity index (χ1) is 11.3. The third-order valence-corrected chi connectivity index (χ3v) is 4.07. The maximum atomic E-state index is 12.4. The van der Waals surface area contributed by atoms with Gasteiger partial charge in [-0.1, -0.05) is 19.9 Å². The fourth-order valence-electron chi connectivity index (χ4n) is 2.22. The van der Waals surface area contributed by atoms with E-state index in [2.05, 4.69) is 5.32 Å². The standard InChI is InChI=1S/C18H27NO5/c1-7-24-17(21)18(4,12(2)3)19-16(20)11-13-8-9-14(22-5)15(10-13)23-6/h8-10,12H,7,11H2,1-6H3,(H,19,20)/t18-/m1/s1. The van der Waals surface area contributed by atoms with Crippen LogP contribution in [0.25, 0.3) is 0 Å². The van der Waals surface area contributed by atoms with Gasteiger partial charge in [0.25, 0.3) is 0 Å². The molecular weight excluding hydrogens is 310 g/mol. The highest BCUT2D eigenvalue weighted by molar-refractivity contribution is 5.89. The molecule has 0 radical (unpaired) electrons. The molecule has 0 aliphatic carbocycles. The summed E-state index contributed by atoms with van der Waals surface area (Å²) in [7, 11) is 3.09. The van der Waals surface area contributed by atoms with E-state index >= 15 is 0 Å². The lowest BCUT2D eigenvalue weighted by Crippen LogP contribution is -2.57. The number of amides is 1. The third kappa shape index (κ3) is 4.63. The number of carbonyl (C=O) groups excluding carboxylic acids is 2. The van der Waals surface area contributed by atoms with Crippen LogP contribution >= 0.6 is 0 Å². The van der Waals surface area contributed by atoms with Crippen LogP contribution in [0.4, 0.5) is 0 Å². The number of methoxy groups -OCH3 is 2. The average Bonchev–Trinajstić information content (AvgIpc) is 2.54. The molecule has 24 heavy (non-hydrogen) atoms. The summed E-state index contributed by atoms with van der Waals surface area (Å²) in [5.41, 5.74) is -0.302. The van der Waals surface area contributed by atoms with Crippen LogP contribution in [-0.2, 0) is 20.7 Å². The van der Waals surface area contributed by atoms with Gasteiger partial charge in [-0.3, -0.25) is 4.79 Å². The number of esters is 1. The van der Waals surface area contributed by atoms with E-state index in [1.165, 1.54) is 7.11 Å². The molecule has 6 nitrogen and oxygen atoms in total. The summed E-state index contributed by atoms with van der Waals surface area (Å²) in [6.45, 7) is 7.43. The van der Waals surface area contributed by atoms with Crippen molar-refractivity contribution in [2.45, 2.75) is 39.7 Å². The van der Waals surface area contributed by atoms with Crippen LogP contribution in [0.5, 0.6) is 11.5 Å². The number of nitrogens with one attached hydrogen (secondary N) is 1. The first-order valence-corrected chi connectivity index (χ1v) is 7.97. The molecule has 0 bridgehead atoms. The zero-order chi connectivity index (χ0) is 18.3. The summed E-state index contributed by atoms with van der Waals surface area (Å²) in [6, 6.07) is 5.28. The van der Waals surface area contributed by atoms with Gasteiger partial charge >= 0.3 is 5.97 Å². The van der Waals surface area contributed by atoms with E-state index in [1.807, 2.05) is 13.8 Å². The van der Waals surface area contributed by atoms with Crippen molar-refractivity contribution >= 4 is 11.9 Å². The van der Waals surface area contributed by atoms with Crippen molar-refractivity contribution in [3.8, 4) is 11.5 Å². The molecule has 0 heterocycles. The Morgan fingerprint density at radius 3 is 2.29 bits per heavy atom. The molecule has 0 unspecified atom stereocenters. The molecule has 0 spiro atoms. The Morgan fingerprint density at radius 1 is 1.17 bits per heavy atom. The number of carbonyl (C=O) groups is 2. The highest BCUT2D eigenvalue weighted by Gasteiger charge is 2.39. The predicted molar refractivity (Wildman–Crippen MR) is 91.3 cm³/mol. The number of benzene rings is 1. The van der Waals surface area contributed by atoms with Gasteiger partial charge in [-0.05, 0) is 37.5 Å². The maximum Gasteiger partial charge on any atom is 0.331 e. The van der Waals surface area contributed by atoms with E-state index in [-0.39, 0.29) is 24.9 Å². The lowest BCUT2D eigenvalue weighted by molar-refractivity contribution is -0.154. The maximum absolute atomic E-state index is 12.4. The average molecular weight is 337 g/mol. The monoisotopic (exact) mass is 337 g/mol. The summed E-state index contributed by atoms with van der Waals surface area (Å²) < 4.78 is 15.5. The van der Waals surface area contributed by atoms with Crippen molar-refractivity contribution < 1.29 is 23.8 Å². The van der Waals surface area contributed by atoms with Crippen molar-refractivity contribution in [1.82, 2.24) is 5.32 Å². The van der Waals surface area contributed by atoms with E-state index in [1.54, 1.807) is 39.2 Å². The van der Waals surface area contributed by atoms with Crippen molar-refractivity contribution in [3.63, 3.8) is 0 Å². The van der Waals surface area contributed by atoms with E-state index in [0.29, 0.717) is 11.5 Å². The summed E-state index contributed by atoms with van der Waals surface area (Å²) in [5.74, 6) is 0.359. The molecule has 0 aliphatic rings. The second kappa shape index (κ2) is 8.57. The van der Waals surface area contributed by atoms with Gasteiger partial charge in [-0.15, -0.1) is 0 Å². The van der Waals surface area contributed by atoms with Crippen molar-refractivity contribution in [2.24, 2.45) is 5.92 Å². The van der Waals surface area contributed by atoms with Gasteiger partial charge in [0.1, 0.15) is 5.54 Å². The molecule has 6 heteroatoms. The summed E-state index contributed by atoms with van der Waals surface area (Å²) in [6.07, 6.45) is 0.127. The Kier molecular flexibility index (Phi) is 7.07. The van der Waals surface area contributed by atoms with E-state index in [9.17, 15) is 9.59 Å². The lowest BCUT2D eigenvalue weighted by Gasteiger charge is -2.32. The third-order valence-electron chi connectivity index (χ3n) is 4.07. The first-order valence-electron chi connectivity index (χ1n) is 7.97. The largest absolute Gasteiger partial charge is 0.493 e. The second-order valence-corrected chi connectivity index (χ2v) is 5.99. The van der Waals surface area contributed by atoms with Crippen LogP contribution in [0.1, 0.15) is 33.3 Å². The molecule has 0 aliphatic heterocycles. The van der Waals surface area contributed by atoms with Crippen molar-refractivity contribution in [3.05, 3.63) is 23.8 Å². The van der Waals surface area contributed by atoms with E-state index < -0.39 is 11.5 Å². The summed E-state index contributed by atoms with van der Waals surface area (Å²) in [4.78, 5) is 24.6. The molecule has 1 aromatic rings. The minimum absolute atomic E-state index is 0.106. The normalized spacial score (nSPS) is 13.1. The van der Waals surface area contributed by atoms with Gasteiger partial charge in [0.05, 0.1) is 27.2 Å². The molecular formula is C18H27NO5. The van der Waals surface area contributed by atoms with Crippen molar-refractivity contribution in [2.75, 3.05) is 20.8 Å². The van der Waals surface area contributed by atoms with Gasteiger partial charge in [0.2, 0.25) is 5.91 Å². The van der Waals surface area contributed by atoms with Gasteiger partial charge in [-0.25, -0.2) is 4.79 Å². The minimum Gasteiger partial charge on any atom is -0.493 e. The Labute approximate surface area is 143 Å². The highest BCUT2D eigenvalue weighted by atomic mass is 16.5. The summed E-state index contributed by atoms with van der Waals surface area (Å²) in [5, 5.41) is 2.81. The number of hydrogen-bond donors (Lipinski definition) is 1. The fourth-order valence-corrected chi connectivity index (χ4v) is 2.22. The molecule has 1 aromatic carbocycles. The molecule has 0 saturated heterocycles. The molecule has 1 N–H and O–H groups in total. The quantitative estimate of drug-likeness (QED) is 0.737. The van der Waals surface area contributed by atoms with Crippen LogP contribution in [0.3, 0.4) is 0 Å². The van der Waals surface area contributed by atoms with Crippen LogP contribution in [0.2, 0.25) is 0 Å². The van der Waals surface area contributed by atoms with Crippen molar-refractivity contribution in [1.29, 1.82) is 0 Å². The predicted octanol–water partition coefficient (Wildman–Crippen LogP) is 2.34. The molecule has 1 rings (SSSR count). The van der Waals surface area contributed by atoms with Gasteiger partial charge in [0.15, 0.2) is 11.5 Å². The number of hydrogen-bond acceptors (Lipinski definition) is 5. The topological polar surface area (TPSA) is 73.9 Å². The van der Waals surface area contributed by atoms with Gasteiger partial charge in [-0.2, -0.15) is 0 Å². The van der Waals surface area contributed by atoms with Crippen LogP contribution < -0.4 is 14.8 Å². The molecule has 1 atom stereocenters. The zero-order valence-electron chi connectivity index (χ0n) is 15.3. The smallest absolute Gasteiger partial charge is 0.331 e. The van der Waals surface area contributed by atoms with Gasteiger partial charge < -0.3 is 19.5 Å². The Balaban J connectivity index is 2.88. The summed E-state index contributed by atoms with van der Waals surface area (Å²) >= 11 is 0.